The molecule has 0 bridgehead atoms. The number of hydrogen-bond donors (Lipinski definition) is 3. The minimum absolute atomic E-state index is 0.0840. The molecule has 1 aliphatic rings. The number of benzene rings is 2. The quantitative estimate of drug-likeness (QED) is 0.379. The molecule has 0 aliphatic carbocycles. The molecule has 0 radical (unpaired) electrons. The molecule has 0 saturated carbocycles. The Kier molecular flexibility index (Phi) is 8.79. The molecule has 2 atom stereocenters. The number of hydrogen-bond acceptors (Lipinski definition) is 5. The zero-order valence-corrected chi connectivity index (χ0v) is 23.2. The fourth-order valence-corrected chi connectivity index (χ4v) is 4.90. The summed E-state index contributed by atoms with van der Waals surface area (Å²) in [7, 11) is 5.74. The number of para-hydroxylation sites is 1. The molecule has 40 heavy (non-hydrogen) atoms. The number of rotatable bonds is 8. The van der Waals surface area contributed by atoms with Crippen LogP contribution in [0.2, 0.25) is 5.02 Å². The van der Waals surface area contributed by atoms with Crippen molar-refractivity contribution in [3.05, 3.63) is 59.0 Å². The number of nitrogens with one attached hydrogen (secondary N) is 2. The minimum Gasteiger partial charge on any atom is -0.373 e. The third-order valence-electron chi connectivity index (χ3n) is 6.87. The van der Waals surface area contributed by atoms with Crippen LogP contribution in [-0.4, -0.2) is 85.3 Å². The van der Waals surface area contributed by atoms with Gasteiger partial charge in [-0.25, -0.2) is 18.4 Å². The number of nitrogens with zero attached hydrogens (tertiary/aromatic N) is 4. The maximum atomic E-state index is 14.8. The highest BCUT2D eigenvalue weighted by Crippen LogP contribution is 2.29. The van der Waals surface area contributed by atoms with E-state index in [2.05, 4.69) is 10.6 Å². The van der Waals surface area contributed by atoms with Gasteiger partial charge in [0.15, 0.2) is 0 Å². The fourth-order valence-electron chi connectivity index (χ4n) is 4.66. The number of amides is 4. The molecule has 4 N–H and O–H groups in total. The second-order valence-electron chi connectivity index (χ2n) is 10.0. The van der Waals surface area contributed by atoms with E-state index in [9.17, 15) is 23.2 Å². The number of likely N-dealkylation sites (tertiary alicyclic amines) is 1. The van der Waals surface area contributed by atoms with E-state index >= 15 is 0 Å². The number of primary amides is 1. The minimum atomic E-state index is -1.42. The summed E-state index contributed by atoms with van der Waals surface area (Å²) in [5.74, 6) is -1.29. The number of urea groups is 1. The normalized spacial score (nSPS) is 16.9. The number of carbonyl (C=O) groups is 3. The summed E-state index contributed by atoms with van der Waals surface area (Å²) in [6, 6.07) is 7.35. The Bertz CT molecular complexity index is 1430. The Labute approximate surface area is 235 Å². The fraction of sp³-hybridized carbons (Fsp3) is 0.370. The van der Waals surface area contributed by atoms with Crippen LogP contribution in [0.25, 0.3) is 10.9 Å². The van der Waals surface area contributed by atoms with Gasteiger partial charge in [-0.3, -0.25) is 9.36 Å². The van der Waals surface area contributed by atoms with E-state index < -0.39 is 36.0 Å². The second-order valence-corrected chi connectivity index (χ2v) is 10.4. The number of likely N-dealkylation sites (N-methyl/N-ethyl adjacent to an activating group) is 2. The number of halogens is 3. The predicted octanol–water partition coefficient (Wildman–Crippen LogP) is 3.62. The predicted molar refractivity (Wildman–Crippen MR) is 151 cm³/mol. The first kappa shape index (κ1) is 29.1. The smallest absolute Gasteiger partial charge is 0.323 e. The number of nitrogens with two attached hydrogens (primary N) is 1. The lowest BCUT2D eigenvalue weighted by molar-refractivity contribution is -0.124. The Balaban J connectivity index is 1.47. The van der Waals surface area contributed by atoms with Gasteiger partial charge in [-0.2, -0.15) is 0 Å². The summed E-state index contributed by atoms with van der Waals surface area (Å²) >= 11 is 6.13. The standard InChI is InChI=1S/C27H32ClF2N7O3/c1-34(2)8-9-35(3)18-10-16(24(30)20(28)12-18)13-32-25(38)23-11-17(29)14-37(23)27(40)33-21-15-36(26(31)39)22-7-5-4-6-19(21)22/h4-7,10,12,15,17,23H,8-9,11,13-14H2,1-3H3,(H2,31,39)(H,32,38)(H,33,40)/t17-,23+/m1/s1. The van der Waals surface area contributed by atoms with Crippen LogP contribution in [0, 0.1) is 5.82 Å². The van der Waals surface area contributed by atoms with Gasteiger partial charge >= 0.3 is 12.1 Å². The van der Waals surface area contributed by atoms with Gasteiger partial charge < -0.3 is 31.1 Å². The summed E-state index contributed by atoms with van der Waals surface area (Å²) in [5, 5.41) is 5.75. The van der Waals surface area contributed by atoms with Crippen molar-refractivity contribution in [2.75, 3.05) is 51.0 Å². The van der Waals surface area contributed by atoms with Crippen molar-refractivity contribution in [1.82, 2.24) is 19.7 Å². The van der Waals surface area contributed by atoms with E-state index in [1.54, 1.807) is 30.3 Å². The van der Waals surface area contributed by atoms with Gasteiger partial charge in [-0.1, -0.05) is 29.8 Å². The third kappa shape index (κ3) is 6.28. The first-order chi connectivity index (χ1) is 19.0. The van der Waals surface area contributed by atoms with Crippen LogP contribution in [0.1, 0.15) is 12.0 Å². The van der Waals surface area contributed by atoms with Gasteiger partial charge in [-0.05, 0) is 32.3 Å². The average molecular weight is 576 g/mol. The van der Waals surface area contributed by atoms with Gasteiger partial charge in [0.05, 0.1) is 22.8 Å². The first-order valence-corrected chi connectivity index (χ1v) is 13.1. The Hall–Kier alpha value is -3.90. The molecule has 214 valence electrons. The zero-order valence-electron chi connectivity index (χ0n) is 22.5. The molecule has 4 amide bonds. The molecule has 3 aromatic rings. The van der Waals surface area contributed by atoms with Crippen LogP contribution >= 0.6 is 11.6 Å². The summed E-state index contributed by atoms with van der Waals surface area (Å²) in [5.41, 5.74) is 7.05. The van der Waals surface area contributed by atoms with Crippen LogP contribution in [0.15, 0.2) is 42.6 Å². The molecule has 0 unspecified atom stereocenters. The van der Waals surface area contributed by atoms with Crippen molar-refractivity contribution < 1.29 is 23.2 Å². The van der Waals surface area contributed by atoms with Crippen LogP contribution < -0.4 is 21.3 Å². The molecule has 0 spiro atoms. The number of anilines is 2. The van der Waals surface area contributed by atoms with E-state index in [0.717, 1.165) is 11.4 Å². The zero-order chi connectivity index (χ0) is 29.1. The lowest BCUT2D eigenvalue weighted by atomic mass is 10.1. The molecule has 2 heterocycles. The van der Waals surface area contributed by atoms with Crippen LogP contribution in [0.4, 0.5) is 29.7 Å². The summed E-state index contributed by atoms with van der Waals surface area (Å²) < 4.78 is 30.4. The molecular weight excluding hydrogens is 544 g/mol. The maximum Gasteiger partial charge on any atom is 0.323 e. The number of carbonyl (C=O) groups excluding carboxylic acids is 3. The molecule has 10 nitrogen and oxygen atoms in total. The van der Waals surface area contributed by atoms with E-state index in [1.165, 1.54) is 16.8 Å². The topological polar surface area (TPSA) is 116 Å². The highest BCUT2D eigenvalue weighted by molar-refractivity contribution is 6.31. The van der Waals surface area contributed by atoms with Gasteiger partial charge in [0.2, 0.25) is 5.91 Å². The van der Waals surface area contributed by atoms with E-state index in [1.807, 2.05) is 30.9 Å². The Morgan fingerprint density at radius 3 is 2.58 bits per heavy atom. The van der Waals surface area contributed by atoms with E-state index in [-0.39, 0.29) is 35.8 Å². The van der Waals surface area contributed by atoms with Crippen molar-refractivity contribution in [2.45, 2.75) is 25.2 Å². The van der Waals surface area contributed by atoms with Crippen molar-refractivity contribution in [3.8, 4) is 0 Å². The summed E-state index contributed by atoms with van der Waals surface area (Å²) in [4.78, 5) is 43.1. The van der Waals surface area contributed by atoms with Crippen LogP contribution in [0.5, 0.6) is 0 Å². The lowest BCUT2D eigenvalue weighted by Crippen LogP contribution is -2.47. The van der Waals surface area contributed by atoms with Crippen molar-refractivity contribution >= 4 is 51.8 Å². The maximum absolute atomic E-state index is 14.8. The van der Waals surface area contributed by atoms with E-state index in [0.29, 0.717) is 23.1 Å². The molecule has 1 aromatic heterocycles. The van der Waals surface area contributed by atoms with Crippen LogP contribution in [0.3, 0.4) is 0 Å². The van der Waals surface area contributed by atoms with E-state index in [4.69, 9.17) is 17.3 Å². The highest BCUT2D eigenvalue weighted by Gasteiger charge is 2.40. The third-order valence-corrected chi connectivity index (χ3v) is 7.14. The number of fused-ring (bicyclic) bond motifs is 1. The van der Waals surface area contributed by atoms with Gasteiger partial charge in [0.1, 0.15) is 18.0 Å². The Morgan fingerprint density at radius 1 is 1.15 bits per heavy atom. The van der Waals surface area contributed by atoms with Gasteiger partial charge in [0, 0.05) is 55.9 Å². The number of aromatic nitrogens is 1. The highest BCUT2D eigenvalue weighted by atomic mass is 35.5. The van der Waals surface area contributed by atoms with Crippen molar-refractivity contribution in [2.24, 2.45) is 5.73 Å². The Morgan fingerprint density at radius 2 is 1.88 bits per heavy atom. The molecule has 1 saturated heterocycles. The second kappa shape index (κ2) is 12.1. The largest absolute Gasteiger partial charge is 0.373 e. The van der Waals surface area contributed by atoms with Gasteiger partial charge in [0.25, 0.3) is 0 Å². The monoisotopic (exact) mass is 575 g/mol. The van der Waals surface area contributed by atoms with Crippen molar-refractivity contribution in [3.63, 3.8) is 0 Å². The van der Waals surface area contributed by atoms with Gasteiger partial charge in [-0.15, -0.1) is 0 Å². The molecular formula is C27H32ClF2N7O3. The summed E-state index contributed by atoms with van der Waals surface area (Å²) in [6.07, 6.45) is -0.259. The molecule has 1 fully saturated rings. The van der Waals surface area contributed by atoms with Crippen molar-refractivity contribution in [1.29, 1.82) is 0 Å². The molecule has 1 aliphatic heterocycles. The molecule has 13 heteroatoms. The molecule has 2 aromatic carbocycles. The lowest BCUT2D eigenvalue weighted by Gasteiger charge is -2.24. The van der Waals surface area contributed by atoms with Crippen LogP contribution in [-0.2, 0) is 11.3 Å². The number of alkyl halides is 1. The SMILES string of the molecule is CN(C)CCN(C)c1cc(Cl)c(F)c(CNC(=O)[C@@H]2C[C@@H](F)CN2C(=O)Nc2cn(C(N)=O)c3ccccc23)c1. The summed E-state index contributed by atoms with van der Waals surface area (Å²) in [6.45, 7) is 0.937. The first-order valence-electron chi connectivity index (χ1n) is 12.7. The average Bonchev–Trinajstić information content (AvgIpc) is 3.48. The molecule has 4 rings (SSSR count).